The molecule has 22 heavy (non-hydrogen) atoms. The third-order valence-electron chi connectivity index (χ3n) is 3.76. The van der Waals surface area contributed by atoms with Crippen molar-refractivity contribution >= 4 is 5.91 Å². The van der Waals surface area contributed by atoms with E-state index in [0.29, 0.717) is 19.6 Å². The van der Waals surface area contributed by atoms with Crippen LogP contribution in [0.2, 0.25) is 0 Å². The standard InChI is InChI=1S/C15H18N4O3/c20-12-8-16-6-10(12)7-17-15(22)14-13(21)9-19(18-14)11-4-2-1-3-5-11/h1-5,9-10,12,16,20-21H,6-8H2,(H,17,22). The second-order valence-electron chi connectivity index (χ2n) is 5.34. The van der Waals surface area contributed by atoms with Crippen LogP contribution < -0.4 is 10.6 Å². The fourth-order valence-electron chi connectivity index (χ4n) is 2.47. The molecule has 1 saturated heterocycles. The van der Waals surface area contributed by atoms with Crippen molar-refractivity contribution in [1.82, 2.24) is 20.4 Å². The summed E-state index contributed by atoms with van der Waals surface area (Å²) in [6.45, 7) is 1.53. The molecule has 0 bridgehead atoms. The summed E-state index contributed by atoms with van der Waals surface area (Å²) in [5.41, 5.74) is 0.733. The summed E-state index contributed by atoms with van der Waals surface area (Å²) in [6.07, 6.45) is 0.937. The van der Waals surface area contributed by atoms with Gasteiger partial charge in [-0.1, -0.05) is 18.2 Å². The minimum Gasteiger partial charge on any atom is -0.504 e. The first-order valence-electron chi connectivity index (χ1n) is 7.16. The second kappa shape index (κ2) is 6.17. The predicted octanol–water partition coefficient (Wildman–Crippen LogP) is -0.112. The molecule has 2 aromatic rings. The van der Waals surface area contributed by atoms with Crippen molar-refractivity contribution in [2.24, 2.45) is 5.92 Å². The van der Waals surface area contributed by atoms with Crippen molar-refractivity contribution in [3.05, 3.63) is 42.2 Å². The van der Waals surface area contributed by atoms with Gasteiger partial charge >= 0.3 is 0 Å². The van der Waals surface area contributed by atoms with E-state index < -0.39 is 12.0 Å². The van der Waals surface area contributed by atoms with Crippen LogP contribution in [0.15, 0.2) is 36.5 Å². The average molecular weight is 302 g/mol. The molecule has 1 aliphatic rings. The summed E-state index contributed by atoms with van der Waals surface area (Å²) in [6, 6.07) is 9.23. The highest BCUT2D eigenvalue weighted by Crippen LogP contribution is 2.18. The number of nitrogens with zero attached hydrogens (tertiary/aromatic N) is 2. The highest BCUT2D eigenvalue weighted by Gasteiger charge is 2.26. The van der Waals surface area contributed by atoms with Gasteiger partial charge in [0.1, 0.15) is 0 Å². The zero-order valence-electron chi connectivity index (χ0n) is 11.9. The van der Waals surface area contributed by atoms with E-state index in [1.807, 2.05) is 30.3 Å². The zero-order chi connectivity index (χ0) is 15.5. The molecule has 7 heteroatoms. The van der Waals surface area contributed by atoms with Crippen LogP contribution in [0, 0.1) is 5.92 Å². The number of aromatic nitrogens is 2. The smallest absolute Gasteiger partial charge is 0.275 e. The van der Waals surface area contributed by atoms with Crippen molar-refractivity contribution in [1.29, 1.82) is 0 Å². The molecule has 1 fully saturated rings. The number of benzene rings is 1. The summed E-state index contributed by atoms with van der Waals surface area (Å²) >= 11 is 0. The van der Waals surface area contributed by atoms with Crippen LogP contribution in [-0.4, -0.2) is 51.6 Å². The molecule has 0 spiro atoms. The molecule has 1 aromatic carbocycles. The molecule has 2 atom stereocenters. The Labute approximate surface area is 127 Å². The van der Waals surface area contributed by atoms with E-state index >= 15 is 0 Å². The molecule has 2 heterocycles. The molecule has 7 nitrogen and oxygen atoms in total. The number of carbonyl (C=O) groups excluding carboxylic acids is 1. The Kier molecular flexibility index (Phi) is 4.08. The number of hydrogen-bond acceptors (Lipinski definition) is 5. The maximum Gasteiger partial charge on any atom is 0.275 e. The van der Waals surface area contributed by atoms with Gasteiger partial charge < -0.3 is 20.8 Å². The van der Waals surface area contributed by atoms with E-state index in [-0.39, 0.29) is 17.4 Å². The lowest BCUT2D eigenvalue weighted by molar-refractivity contribution is 0.0919. The number of β-amino-alcohol motifs (C(OH)–C–C–N with tert-alkyl or cyclic N) is 1. The number of rotatable bonds is 4. The molecule has 0 radical (unpaired) electrons. The SMILES string of the molecule is O=C(NCC1CNCC1O)c1nn(-c2ccccc2)cc1O. The maximum absolute atomic E-state index is 12.1. The molecule has 4 N–H and O–H groups in total. The first-order chi connectivity index (χ1) is 10.6. The summed E-state index contributed by atoms with van der Waals surface area (Å²) in [5, 5.41) is 29.5. The normalized spacial score (nSPS) is 21.0. The fraction of sp³-hybridized carbons (Fsp3) is 0.333. The van der Waals surface area contributed by atoms with Gasteiger partial charge in [0.05, 0.1) is 18.0 Å². The minimum absolute atomic E-state index is 0.0238. The highest BCUT2D eigenvalue weighted by molar-refractivity contribution is 5.94. The number of nitrogens with one attached hydrogen (secondary N) is 2. The Morgan fingerprint density at radius 1 is 1.36 bits per heavy atom. The Morgan fingerprint density at radius 3 is 2.82 bits per heavy atom. The summed E-state index contributed by atoms with van der Waals surface area (Å²) in [4.78, 5) is 12.1. The van der Waals surface area contributed by atoms with Crippen molar-refractivity contribution in [2.75, 3.05) is 19.6 Å². The van der Waals surface area contributed by atoms with Crippen molar-refractivity contribution in [2.45, 2.75) is 6.10 Å². The number of aliphatic hydroxyl groups is 1. The van der Waals surface area contributed by atoms with Gasteiger partial charge in [-0.3, -0.25) is 4.79 Å². The topological polar surface area (TPSA) is 99.4 Å². The van der Waals surface area contributed by atoms with Gasteiger partial charge in [0.25, 0.3) is 5.91 Å². The Balaban J connectivity index is 1.69. The third-order valence-corrected chi connectivity index (χ3v) is 3.76. The van der Waals surface area contributed by atoms with Gasteiger partial charge in [0, 0.05) is 25.6 Å². The molecule has 2 unspecified atom stereocenters. The molecule has 1 aliphatic heterocycles. The van der Waals surface area contributed by atoms with E-state index in [1.165, 1.54) is 10.9 Å². The summed E-state index contributed by atoms with van der Waals surface area (Å²) < 4.78 is 1.45. The Bertz CT molecular complexity index is 656. The molecule has 3 rings (SSSR count). The first-order valence-corrected chi connectivity index (χ1v) is 7.16. The third kappa shape index (κ3) is 2.95. The first kappa shape index (κ1) is 14.6. The number of hydrogen-bond donors (Lipinski definition) is 4. The average Bonchev–Trinajstić information content (AvgIpc) is 3.12. The number of amides is 1. The van der Waals surface area contributed by atoms with Gasteiger partial charge in [-0.15, -0.1) is 0 Å². The summed E-state index contributed by atoms with van der Waals surface area (Å²) in [7, 11) is 0. The van der Waals surface area contributed by atoms with E-state index in [0.717, 1.165) is 5.69 Å². The van der Waals surface area contributed by atoms with E-state index in [9.17, 15) is 15.0 Å². The number of para-hydroxylation sites is 1. The lowest BCUT2D eigenvalue weighted by Crippen LogP contribution is -2.34. The predicted molar refractivity (Wildman–Crippen MR) is 79.9 cm³/mol. The van der Waals surface area contributed by atoms with Crippen LogP contribution in [0.5, 0.6) is 5.75 Å². The van der Waals surface area contributed by atoms with Gasteiger partial charge in [-0.25, -0.2) is 4.68 Å². The second-order valence-corrected chi connectivity index (χ2v) is 5.34. The molecular weight excluding hydrogens is 284 g/mol. The molecule has 116 valence electrons. The van der Waals surface area contributed by atoms with Crippen LogP contribution in [-0.2, 0) is 0 Å². The van der Waals surface area contributed by atoms with E-state index in [4.69, 9.17) is 0 Å². The van der Waals surface area contributed by atoms with Gasteiger partial charge in [0.2, 0.25) is 0 Å². The van der Waals surface area contributed by atoms with Crippen LogP contribution in [0.3, 0.4) is 0 Å². The molecular formula is C15H18N4O3. The molecule has 1 amide bonds. The lowest BCUT2D eigenvalue weighted by atomic mass is 10.1. The molecule has 0 saturated carbocycles. The minimum atomic E-state index is -0.462. The lowest BCUT2D eigenvalue weighted by Gasteiger charge is -2.13. The molecule has 1 aromatic heterocycles. The maximum atomic E-state index is 12.1. The van der Waals surface area contributed by atoms with Crippen LogP contribution in [0.25, 0.3) is 5.69 Å². The fourth-order valence-corrected chi connectivity index (χ4v) is 2.47. The van der Waals surface area contributed by atoms with Gasteiger partial charge in [0.15, 0.2) is 11.4 Å². The molecule has 0 aliphatic carbocycles. The Hall–Kier alpha value is -2.38. The van der Waals surface area contributed by atoms with Crippen LogP contribution >= 0.6 is 0 Å². The number of carbonyl (C=O) groups is 1. The van der Waals surface area contributed by atoms with E-state index in [2.05, 4.69) is 15.7 Å². The van der Waals surface area contributed by atoms with Crippen molar-refractivity contribution in [3.8, 4) is 11.4 Å². The zero-order valence-corrected chi connectivity index (χ0v) is 11.9. The number of aliphatic hydroxyl groups excluding tert-OH is 1. The van der Waals surface area contributed by atoms with Gasteiger partial charge in [-0.05, 0) is 12.1 Å². The highest BCUT2D eigenvalue weighted by atomic mass is 16.3. The number of aromatic hydroxyl groups is 1. The van der Waals surface area contributed by atoms with Crippen molar-refractivity contribution < 1.29 is 15.0 Å². The largest absolute Gasteiger partial charge is 0.504 e. The summed E-state index contributed by atoms with van der Waals surface area (Å²) in [5.74, 6) is -0.653. The van der Waals surface area contributed by atoms with Crippen LogP contribution in [0.4, 0.5) is 0 Å². The quantitative estimate of drug-likeness (QED) is 0.631. The van der Waals surface area contributed by atoms with Gasteiger partial charge in [-0.2, -0.15) is 5.10 Å². The van der Waals surface area contributed by atoms with E-state index in [1.54, 1.807) is 0 Å². The Morgan fingerprint density at radius 2 is 2.14 bits per heavy atom. The monoisotopic (exact) mass is 302 g/mol. The van der Waals surface area contributed by atoms with Crippen molar-refractivity contribution in [3.63, 3.8) is 0 Å². The van der Waals surface area contributed by atoms with Crippen LogP contribution in [0.1, 0.15) is 10.5 Å².